The van der Waals surface area contributed by atoms with E-state index >= 15 is 0 Å². The molecule has 4 heteroatoms. The lowest BCUT2D eigenvalue weighted by molar-refractivity contribution is 0.256. The van der Waals surface area contributed by atoms with Crippen molar-refractivity contribution in [2.75, 3.05) is 26.2 Å². The summed E-state index contributed by atoms with van der Waals surface area (Å²) >= 11 is 0. The average Bonchev–Trinajstić information content (AvgIpc) is 2.63. The highest BCUT2D eigenvalue weighted by Gasteiger charge is 2.11. The van der Waals surface area contributed by atoms with Crippen molar-refractivity contribution in [3.8, 4) is 0 Å². The van der Waals surface area contributed by atoms with E-state index in [9.17, 15) is 0 Å². The van der Waals surface area contributed by atoms with Gasteiger partial charge in [-0.15, -0.1) is 0 Å². The first kappa shape index (κ1) is 14.5. The van der Waals surface area contributed by atoms with Gasteiger partial charge < -0.3 is 10.2 Å². The molecular weight excluding hydrogens is 236 g/mol. The fourth-order valence-electron chi connectivity index (χ4n) is 2.83. The minimum absolute atomic E-state index is 0.578. The zero-order chi connectivity index (χ0) is 13.5. The molecule has 1 aliphatic rings. The number of aryl methyl sites for hydroxylation is 1. The number of hydrogen-bond acceptors (Lipinski definition) is 3. The fraction of sp³-hybridized carbons (Fsp3) is 0.800. The monoisotopic (exact) mass is 264 g/mol. The van der Waals surface area contributed by atoms with Crippen molar-refractivity contribution in [1.29, 1.82) is 0 Å². The molecule has 2 heterocycles. The summed E-state index contributed by atoms with van der Waals surface area (Å²) in [5.74, 6) is 0. The molecule has 0 aromatic carbocycles. The van der Waals surface area contributed by atoms with Gasteiger partial charge in [0.2, 0.25) is 0 Å². The van der Waals surface area contributed by atoms with Crippen LogP contribution < -0.4 is 5.32 Å². The van der Waals surface area contributed by atoms with Gasteiger partial charge in [0.1, 0.15) is 0 Å². The van der Waals surface area contributed by atoms with Crippen molar-refractivity contribution in [2.24, 2.45) is 7.05 Å². The van der Waals surface area contributed by atoms with Gasteiger partial charge in [-0.2, -0.15) is 5.10 Å². The van der Waals surface area contributed by atoms with Gasteiger partial charge >= 0.3 is 0 Å². The van der Waals surface area contributed by atoms with Gasteiger partial charge in [-0.1, -0.05) is 12.8 Å². The zero-order valence-electron chi connectivity index (χ0n) is 12.4. The van der Waals surface area contributed by atoms with Crippen LogP contribution in [0.2, 0.25) is 0 Å². The Bertz CT molecular complexity index is 353. The highest BCUT2D eigenvalue weighted by molar-refractivity contribution is 5.03. The van der Waals surface area contributed by atoms with Gasteiger partial charge in [-0.25, -0.2) is 0 Å². The summed E-state index contributed by atoms with van der Waals surface area (Å²) in [6.07, 6.45) is 10.7. The topological polar surface area (TPSA) is 33.1 Å². The molecular formula is C15H28N4. The molecule has 0 amide bonds. The predicted octanol–water partition coefficient (Wildman–Crippen LogP) is 1.82. The van der Waals surface area contributed by atoms with Crippen molar-refractivity contribution in [3.05, 3.63) is 18.0 Å². The van der Waals surface area contributed by atoms with E-state index in [2.05, 4.69) is 28.4 Å². The second kappa shape index (κ2) is 7.65. The molecule has 0 bridgehead atoms. The Morgan fingerprint density at radius 1 is 1.26 bits per heavy atom. The lowest BCUT2D eigenvalue weighted by Crippen LogP contribution is -2.40. The van der Waals surface area contributed by atoms with Crippen LogP contribution in [-0.2, 0) is 13.5 Å². The number of nitrogens with one attached hydrogen (secondary N) is 1. The molecule has 0 saturated carbocycles. The molecule has 1 aromatic rings. The number of aromatic nitrogens is 2. The van der Waals surface area contributed by atoms with Crippen LogP contribution in [0.3, 0.4) is 0 Å². The smallest absolute Gasteiger partial charge is 0.0522 e. The van der Waals surface area contributed by atoms with Crippen LogP contribution in [0.4, 0.5) is 0 Å². The Hall–Kier alpha value is -0.870. The number of rotatable bonds is 6. The Morgan fingerprint density at radius 3 is 2.63 bits per heavy atom. The third-order valence-corrected chi connectivity index (χ3v) is 3.90. The molecule has 0 spiro atoms. The molecule has 19 heavy (non-hydrogen) atoms. The van der Waals surface area contributed by atoms with Gasteiger partial charge in [0.15, 0.2) is 0 Å². The van der Waals surface area contributed by atoms with E-state index in [1.165, 1.54) is 50.9 Å². The summed E-state index contributed by atoms with van der Waals surface area (Å²) in [5, 5.41) is 7.83. The van der Waals surface area contributed by atoms with Crippen molar-refractivity contribution in [3.63, 3.8) is 0 Å². The first-order valence-corrected chi connectivity index (χ1v) is 7.67. The summed E-state index contributed by atoms with van der Waals surface area (Å²) in [7, 11) is 1.97. The van der Waals surface area contributed by atoms with Gasteiger partial charge in [-0.3, -0.25) is 4.68 Å². The SMILES string of the molecule is C[C@H](CN1CCCCCC1)NCCc1cnn(C)c1. The Kier molecular flexibility index (Phi) is 5.86. The molecule has 1 fully saturated rings. The number of nitrogens with zero attached hydrogens (tertiary/aromatic N) is 3. The van der Waals surface area contributed by atoms with Crippen LogP contribution in [0.5, 0.6) is 0 Å². The van der Waals surface area contributed by atoms with E-state index in [-0.39, 0.29) is 0 Å². The Labute approximate surface area is 117 Å². The van der Waals surface area contributed by atoms with E-state index in [1.807, 2.05) is 17.9 Å². The third-order valence-electron chi connectivity index (χ3n) is 3.90. The van der Waals surface area contributed by atoms with Crippen molar-refractivity contribution in [2.45, 2.75) is 45.1 Å². The maximum atomic E-state index is 4.20. The highest BCUT2D eigenvalue weighted by atomic mass is 15.2. The van der Waals surface area contributed by atoms with Gasteiger partial charge in [0.25, 0.3) is 0 Å². The van der Waals surface area contributed by atoms with Crippen molar-refractivity contribution >= 4 is 0 Å². The third kappa shape index (κ3) is 5.33. The van der Waals surface area contributed by atoms with E-state index in [1.54, 1.807) is 0 Å². The van der Waals surface area contributed by atoms with Crippen LogP contribution in [0.15, 0.2) is 12.4 Å². The van der Waals surface area contributed by atoms with E-state index in [0.29, 0.717) is 6.04 Å². The molecule has 4 nitrogen and oxygen atoms in total. The Morgan fingerprint density at radius 2 is 2.00 bits per heavy atom. The minimum Gasteiger partial charge on any atom is -0.313 e. The predicted molar refractivity (Wildman–Crippen MR) is 79.3 cm³/mol. The normalized spacial score (nSPS) is 19.3. The average molecular weight is 264 g/mol. The van der Waals surface area contributed by atoms with Gasteiger partial charge in [-0.05, 0) is 51.4 Å². The molecule has 1 aromatic heterocycles. The van der Waals surface area contributed by atoms with Crippen LogP contribution in [0, 0.1) is 0 Å². The maximum Gasteiger partial charge on any atom is 0.0522 e. The van der Waals surface area contributed by atoms with Crippen LogP contribution in [0.1, 0.15) is 38.2 Å². The lowest BCUT2D eigenvalue weighted by atomic mass is 10.2. The van der Waals surface area contributed by atoms with Crippen molar-refractivity contribution in [1.82, 2.24) is 20.0 Å². The van der Waals surface area contributed by atoms with Gasteiger partial charge in [0, 0.05) is 25.8 Å². The van der Waals surface area contributed by atoms with Crippen molar-refractivity contribution < 1.29 is 0 Å². The molecule has 1 aliphatic heterocycles. The van der Waals surface area contributed by atoms with Crippen LogP contribution >= 0.6 is 0 Å². The summed E-state index contributed by atoms with van der Waals surface area (Å²) < 4.78 is 1.87. The highest BCUT2D eigenvalue weighted by Crippen LogP contribution is 2.09. The summed E-state index contributed by atoms with van der Waals surface area (Å²) in [6, 6.07) is 0.578. The first-order valence-electron chi connectivity index (χ1n) is 7.67. The van der Waals surface area contributed by atoms with Crippen LogP contribution in [-0.4, -0.2) is 46.9 Å². The summed E-state index contributed by atoms with van der Waals surface area (Å²) in [6.45, 7) is 7.10. The molecule has 1 N–H and O–H groups in total. The molecule has 1 saturated heterocycles. The summed E-state index contributed by atoms with van der Waals surface area (Å²) in [5.41, 5.74) is 1.32. The van der Waals surface area contributed by atoms with E-state index in [0.717, 1.165) is 13.0 Å². The molecule has 0 unspecified atom stereocenters. The second-order valence-electron chi connectivity index (χ2n) is 5.84. The fourth-order valence-corrected chi connectivity index (χ4v) is 2.83. The van der Waals surface area contributed by atoms with E-state index < -0.39 is 0 Å². The first-order chi connectivity index (χ1) is 9.24. The second-order valence-corrected chi connectivity index (χ2v) is 5.84. The maximum absolute atomic E-state index is 4.20. The summed E-state index contributed by atoms with van der Waals surface area (Å²) in [4.78, 5) is 2.62. The zero-order valence-corrected chi connectivity index (χ0v) is 12.4. The largest absolute Gasteiger partial charge is 0.313 e. The quantitative estimate of drug-likeness (QED) is 0.851. The minimum atomic E-state index is 0.578. The molecule has 108 valence electrons. The van der Waals surface area contributed by atoms with Gasteiger partial charge in [0.05, 0.1) is 6.20 Å². The standard InChI is InChI=1S/C15H28N4/c1-14(12-19-9-5-3-4-6-10-19)16-8-7-15-11-17-18(2)13-15/h11,13-14,16H,3-10,12H2,1-2H3/t14-/m1/s1. The number of hydrogen-bond donors (Lipinski definition) is 1. The number of likely N-dealkylation sites (tertiary alicyclic amines) is 1. The lowest BCUT2D eigenvalue weighted by Gasteiger charge is -2.24. The van der Waals surface area contributed by atoms with E-state index in [4.69, 9.17) is 0 Å². The van der Waals surface area contributed by atoms with Crippen LogP contribution in [0.25, 0.3) is 0 Å². The molecule has 0 aliphatic carbocycles. The molecule has 2 rings (SSSR count). The Balaban J connectivity index is 1.62. The molecule has 0 radical (unpaired) electrons. The molecule has 1 atom stereocenters.